The SMILES string of the molecule is C=C1CN(CCO)c2c(ncnc2N2CC3CCC(C2)N3C(=O)[C@H](CNC(C)C)c2ccc(Cl)cc2)N1. The second kappa shape index (κ2) is 10.8. The molecule has 9 nitrogen and oxygen atoms in total. The number of rotatable bonds is 8. The van der Waals surface area contributed by atoms with Crippen LogP contribution in [0.15, 0.2) is 42.9 Å². The fourth-order valence-corrected chi connectivity index (χ4v) is 5.95. The van der Waals surface area contributed by atoms with Gasteiger partial charge in [0.2, 0.25) is 5.91 Å². The molecule has 37 heavy (non-hydrogen) atoms. The molecule has 2 fully saturated rings. The van der Waals surface area contributed by atoms with Crippen molar-refractivity contribution in [1.82, 2.24) is 20.2 Å². The summed E-state index contributed by atoms with van der Waals surface area (Å²) in [5.41, 5.74) is 2.72. The molecule has 3 aliphatic heterocycles. The van der Waals surface area contributed by atoms with Gasteiger partial charge < -0.3 is 30.4 Å². The maximum Gasteiger partial charge on any atom is 0.232 e. The summed E-state index contributed by atoms with van der Waals surface area (Å²) in [4.78, 5) is 29.7. The summed E-state index contributed by atoms with van der Waals surface area (Å²) >= 11 is 6.14. The van der Waals surface area contributed by atoms with Crippen molar-refractivity contribution in [1.29, 1.82) is 0 Å². The van der Waals surface area contributed by atoms with E-state index in [1.165, 1.54) is 0 Å². The first kappa shape index (κ1) is 25.8. The summed E-state index contributed by atoms with van der Waals surface area (Å²) in [6.07, 6.45) is 3.52. The lowest BCUT2D eigenvalue weighted by molar-refractivity contribution is -0.136. The first-order valence-electron chi connectivity index (χ1n) is 13.1. The van der Waals surface area contributed by atoms with Gasteiger partial charge in [-0.15, -0.1) is 0 Å². The minimum Gasteiger partial charge on any atom is -0.395 e. The number of piperazine rings is 1. The Labute approximate surface area is 223 Å². The van der Waals surface area contributed by atoms with Gasteiger partial charge in [-0.2, -0.15) is 0 Å². The molecular weight excluding hydrogens is 490 g/mol. The number of nitrogens with one attached hydrogen (secondary N) is 2. The van der Waals surface area contributed by atoms with E-state index in [0.717, 1.165) is 35.6 Å². The molecule has 0 radical (unpaired) electrons. The number of benzene rings is 1. The van der Waals surface area contributed by atoms with Crippen LogP contribution >= 0.6 is 11.6 Å². The van der Waals surface area contributed by atoms with E-state index in [0.29, 0.717) is 43.6 Å². The van der Waals surface area contributed by atoms with Crippen LogP contribution in [0.2, 0.25) is 5.02 Å². The van der Waals surface area contributed by atoms with Crippen LogP contribution in [0, 0.1) is 0 Å². The molecule has 198 valence electrons. The van der Waals surface area contributed by atoms with Crippen molar-refractivity contribution in [3.05, 3.63) is 53.5 Å². The lowest BCUT2D eigenvalue weighted by atomic mass is 9.95. The van der Waals surface area contributed by atoms with Crippen molar-refractivity contribution < 1.29 is 9.90 Å². The Morgan fingerprint density at radius 3 is 2.57 bits per heavy atom. The van der Waals surface area contributed by atoms with Gasteiger partial charge in [0.1, 0.15) is 12.0 Å². The smallest absolute Gasteiger partial charge is 0.232 e. The third kappa shape index (κ3) is 5.26. The number of hydrogen-bond acceptors (Lipinski definition) is 8. The van der Waals surface area contributed by atoms with E-state index in [2.05, 4.69) is 55.7 Å². The van der Waals surface area contributed by atoms with Crippen molar-refractivity contribution in [2.45, 2.75) is 50.7 Å². The highest BCUT2D eigenvalue weighted by Crippen LogP contribution is 2.41. The molecule has 4 heterocycles. The fraction of sp³-hybridized carbons (Fsp3) is 0.519. The predicted molar refractivity (Wildman–Crippen MR) is 147 cm³/mol. The van der Waals surface area contributed by atoms with Gasteiger partial charge in [0.05, 0.1) is 19.1 Å². The van der Waals surface area contributed by atoms with Crippen LogP contribution in [0.25, 0.3) is 0 Å². The van der Waals surface area contributed by atoms with Gasteiger partial charge in [-0.1, -0.05) is 44.2 Å². The van der Waals surface area contributed by atoms with Crippen LogP contribution in [-0.4, -0.2) is 83.3 Å². The molecular formula is C27H36ClN7O2. The lowest BCUT2D eigenvalue weighted by Gasteiger charge is -2.44. The van der Waals surface area contributed by atoms with E-state index in [9.17, 15) is 9.90 Å². The molecule has 1 aromatic heterocycles. The van der Waals surface area contributed by atoms with Gasteiger partial charge in [-0.3, -0.25) is 4.79 Å². The monoisotopic (exact) mass is 525 g/mol. The van der Waals surface area contributed by atoms with Crippen molar-refractivity contribution >= 4 is 34.8 Å². The molecule has 3 aliphatic rings. The third-order valence-electron chi connectivity index (χ3n) is 7.50. The highest BCUT2D eigenvalue weighted by Gasteiger charge is 2.45. The summed E-state index contributed by atoms with van der Waals surface area (Å²) in [7, 11) is 0. The number of nitrogens with zero attached hydrogens (tertiary/aromatic N) is 5. The second-order valence-corrected chi connectivity index (χ2v) is 10.9. The maximum atomic E-state index is 14.1. The molecule has 2 aromatic rings. The van der Waals surface area contributed by atoms with Gasteiger partial charge in [0.15, 0.2) is 11.6 Å². The number of aliphatic hydroxyl groups is 1. The zero-order chi connectivity index (χ0) is 26.1. The molecule has 0 aliphatic carbocycles. The normalized spacial score (nSPS) is 21.8. The van der Waals surface area contributed by atoms with Crippen LogP contribution in [0.1, 0.15) is 38.2 Å². The van der Waals surface area contributed by atoms with Crippen molar-refractivity contribution in [3.63, 3.8) is 0 Å². The Balaban J connectivity index is 1.39. The highest BCUT2D eigenvalue weighted by molar-refractivity contribution is 6.30. The average Bonchev–Trinajstić information content (AvgIpc) is 3.13. The van der Waals surface area contributed by atoms with Crippen LogP contribution in [0.3, 0.4) is 0 Å². The number of halogens is 1. The number of hydrogen-bond donors (Lipinski definition) is 3. The van der Waals surface area contributed by atoms with E-state index in [1.54, 1.807) is 6.33 Å². The van der Waals surface area contributed by atoms with E-state index in [-0.39, 0.29) is 36.6 Å². The van der Waals surface area contributed by atoms with E-state index in [1.807, 2.05) is 24.3 Å². The van der Waals surface area contributed by atoms with Crippen LogP contribution in [0.4, 0.5) is 17.3 Å². The number of aliphatic hydroxyl groups excluding tert-OH is 1. The Hall–Kier alpha value is -2.88. The Morgan fingerprint density at radius 1 is 1.22 bits per heavy atom. The van der Waals surface area contributed by atoms with Gasteiger partial charge in [0.25, 0.3) is 0 Å². The summed E-state index contributed by atoms with van der Waals surface area (Å²) in [5.74, 6) is 1.46. The molecule has 0 saturated carbocycles. The van der Waals surface area contributed by atoms with Gasteiger partial charge >= 0.3 is 0 Å². The first-order chi connectivity index (χ1) is 17.9. The third-order valence-corrected chi connectivity index (χ3v) is 7.75. The molecule has 2 unspecified atom stereocenters. The molecule has 2 saturated heterocycles. The number of amides is 1. The summed E-state index contributed by atoms with van der Waals surface area (Å²) in [5, 5.41) is 17.1. The van der Waals surface area contributed by atoms with Crippen molar-refractivity contribution in [2.75, 3.05) is 54.4 Å². The number of carbonyl (C=O) groups is 1. The Kier molecular flexibility index (Phi) is 7.55. The first-order valence-corrected chi connectivity index (χ1v) is 13.4. The number of aromatic nitrogens is 2. The predicted octanol–water partition coefficient (Wildman–Crippen LogP) is 2.83. The molecule has 10 heteroatoms. The van der Waals surface area contributed by atoms with Crippen LogP contribution < -0.4 is 20.4 Å². The van der Waals surface area contributed by atoms with Crippen LogP contribution in [0.5, 0.6) is 0 Å². The lowest BCUT2D eigenvalue weighted by Crippen LogP contribution is -2.58. The van der Waals surface area contributed by atoms with E-state index >= 15 is 0 Å². The number of anilines is 3. The number of fused-ring (bicyclic) bond motifs is 3. The minimum absolute atomic E-state index is 0.0328. The average molecular weight is 526 g/mol. The zero-order valence-electron chi connectivity index (χ0n) is 21.5. The Morgan fingerprint density at radius 2 is 1.92 bits per heavy atom. The topological polar surface area (TPSA) is 96.9 Å². The molecule has 0 spiro atoms. The zero-order valence-corrected chi connectivity index (χ0v) is 22.3. The highest BCUT2D eigenvalue weighted by atomic mass is 35.5. The van der Waals surface area contributed by atoms with Crippen molar-refractivity contribution in [2.24, 2.45) is 0 Å². The summed E-state index contributed by atoms with van der Waals surface area (Å²) in [6, 6.07) is 8.17. The van der Waals surface area contributed by atoms with Gasteiger partial charge in [-0.25, -0.2) is 9.97 Å². The van der Waals surface area contributed by atoms with Crippen LogP contribution in [-0.2, 0) is 4.79 Å². The van der Waals surface area contributed by atoms with Gasteiger partial charge in [0, 0.05) is 55.0 Å². The Bertz CT molecular complexity index is 1130. The molecule has 5 rings (SSSR count). The molecule has 1 aromatic carbocycles. The maximum absolute atomic E-state index is 14.1. The molecule has 1 amide bonds. The molecule has 2 bridgehead atoms. The summed E-state index contributed by atoms with van der Waals surface area (Å²) < 4.78 is 0. The number of carbonyl (C=O) groups excluding carboxylic acids is 1. The minimum atomic E-state index is -0.267. The molecule has 3 N–H and O–H groups in total. The van der Waals surface area contributed by atoms with Crippen molar-refractivity contribution in [3.8, 4) is 0 Å². The van der Waals surface area contributed by atoms with E-state index in [4.69, 9.17) is 11.6 Å². The quantitative estimate of drug-likeness (QED) is 0.484. The summed E-state index contributed by atoms with van der Waals surface area (Å²) in [6.45, 7) is 11.4. The van der Waals surface area contributed by atoms with E-state index < -0.39 is 0 Å². The number of β-amino-alcohol motifs (C(OH)–C–C–N with tert-alkyl or cyclic N) is 1. The van der Waals surface area contributed by atoms with Gasteiger partial charge in [-0.05, 0) is 30.5 Å². The molecule has 3 atom stereocenters. The largest absolute Gasteiger partial charge is 0.395 e. The fourth-order valence-electron chi connectivity index (χ4n) is 5.82. The second-order valence-electron chi connectivity index (χ2n) is 10.5. The standard InChI is InChI=1S/C27H36ClN7O2/c1-17(2)29-12-23(19-4-6-20(28)7-5-19)27(37)35-21-8-9-22(35)15-34(14-21)26-24-25(30-16-31-26)32-18(3)13-33(24)10-11-36/h4-7,16-17,21-23,29,36H,3,8-15H2,1-2H3,(H,30,31,32)/t21?,22?,23-/m1/s1.